The third-order valence-electron chi connectivity index (χ3n) is 2.85. The fraction of sp³-hybridized carbons (Fsp3) is 0. The molecule has 20 heavy (non-hydrogen) atoms. The van der Waals surface area contributed by atoms with Crippen LogP contribution in [0.15, 0.2) is 54.9 Å². The lowest BCUT2D eigenvalue weighted by Gasteiger charge is -2.05. The van der Waals surface area contributed by atoms with Gasteiger partial charge in [0, 0.05) is 5.69 Å². The Hall–Kier alpha value is -3.02. The Morgan fingerprint density at radius 2 is 1.70 bits per heavy atom. The van der Waals surface area contributed by atoms with Gasteiger partial charge in [-0.1, -0.05) is 30.3 Å². The van der Waals surface area contributed by atoms with E-state index in [0.29, 0.717) is 5.95 Å². The first-order chi connectivity index (χ1) is 9.72. The first kappa shape index (κ1) is 12.0. The van der Waals surface area contributed by atoms with Crippen molar-refractivity contribution in [3.63, 3.8) is 0 Å². The smallest absolute Gasteiger partial charge is 0.305 e. The van der Waals surface area contributed by atoms with Crippen LogP contribution in [0.5, 0.6) is 0 Å². The Bertz CT molecular complexity index is 771. The summed E-state index contributed by atoms with van der Waals surface area (Å²) in [4.78, 5) is 17.8. The molecular weight excluding hydrogens is 256 g/mol. The Kier molecular flexibility index (Phi) is 2.96. The highest BCUT2D eigenvalue weighted by atomic mass is 16.6. The van der Waals surface area contributed by atoms with Gasteiger partial charge in [-0.2, -0.15) is 0 Å². The van der Waals surface area contributed by atoms with Crippen molar-refractivity contribution in [1.29, 1.82) is 0 Å². The lowest BCUT2D eigenvalue weighted by molar-refractivity contribution is -0.385. The van der Waals surface area contributed by atoms with Crippen molar-refractivity contribution in [2.45, 2.75) is 0 Å². The summed E-state index contributed by atoms with van der Waals surface area (Å²) < 4.78 is 0. The predicted molar refractivity (Wildman–Crippen MR) is 75.9 cm³/mol. The minimum Gasteiger partial charge on any atom is -0.324 e. The number of hydrogen-bond donors (Lipinski definition) is 1. The minimum atomic E-state index is -0.528. The van der Waals surface area contributed by atoms with E-state index in [4.69, 9.17) is 0 Å². The molecule has 1 aromatic heterocycles. The number of anilines is 2. The zero-order valence-corrected chi connectivity index (χ0v) is 10.4. The van der Waals surface area contributed by atoms with Crippen LogP contribution >= 0.6 is 0 Å². The van der Waals surface area contributed by atoms with Crippen LogP contribution in [0.3, 0.4) is 0 Å². The standard InChI is InChI=1S/C14H10N4O2/c19-18(20)13-8-15-14(16-9-13)17-12-6-5-10-3-1-2-4-11(10)7-12/h1-9H,(H,15,16,17). The van der Waals surface area contributed by atoms with Crippen molar-refractivity contribution in [2.75, 3.05) is 5.32 Å². The number of nitrogens with one attached hydrogen (secondary N) is 1. The summed E-state index contributed by atoms with van der Waals surface area (Å²) in [5, 5.41) is 15.8. The van der Waals surface area contributed by atoms with E-state index in [1.165, 1.54) is 12.4 Å². The highest BCUT2D eigenvalue weighted by Gasteiger charge is 2.06. The number of aromatic nitrogens is 2. The van der Waals surface area contributed by atoms with E-state index in [-0.39, 0.29) is 5.69 Å². The second-order valence-electron chi connectivity index (χ2n) is 4.21. The molecule has 0 amide bonds. The molecule has 0 bridgehead atoms. The van der Waals surface area contributed by atoms with Crippen LogP contribution in [-0.4, -0.2) is 14.9 Å². The number of nitrogens with zero attached hydrogens (tertiary/aromatic N) is 3. The molecule has 0 radical (unpaired) electrons. The quantitative estimate of drug-likeness (QED) is 0.581. The van der Waals surface area contributed by atoms with Gasteiger partial charge in [-0.3, -0.25) is 10.1 Å². The molecule has 0 unspecified atom stereocenters. The maximum absolute atomic E-state index is 10.5. The average Bonchev–Trinajstić information content (AvgIpc) is 2.48. The van der Waals surface area contributed by atoms with E-state index < -0.39 is 4.92 Å². The van der Waals surface area contributed by atoms with Gasteiger partial charge in [-0.05, 0) is 22.9 Å². The molecule has 0 atom stereocenters. The van der Waals surface area contributed by atoms with Gasteiger partial charge in [0.25, 0.3) is 0 Å². The van der Waals surface area contributed by atoms with Crippen LogP contribution in [-0.2, 0) is 0 Å². The molecule has 6 heteroatoms. The number of nitro groups is 1. The fourth-order valence-electron chi connectivity index (χ4n) is 1.88. The van der Waals surface area contributed by atoms with E-state index >= 15 is 0 Å². The summed E-state index contributed by atoms with van der Waals surface area (Å²) in [5.41, 5.74) is 0.701. The maximum Gasteiger partial charge on any atom is 0.305 e. The molecule has 0 spiro atoms. The first-order valence-corrected chi connectivity index (χ1v) is 5.95. The minimum absolute atomic E-state index is 0.130. The molecule has 0 aliphatic heterocycles. The average molecular weight is 266 g/mol. The lowest BCUT2D eigenvalue weighted by atomic mass is 10.1. The lowest BCUT2D eigenvalue weighted by Crippen LogP contribution is -1.98. The summed E-state index contributed by atoms with van der Waals surface area (Å²) in [7, 11) is 0. The number of rotatable bonds is 3. The van der Waals surface area contributed by atoms with Gasteiger partial charge in [0.05, 0.1) is 4.92 Å². The third-order valence-corrected chi connectivity index (χ3v) is 2.85. The largest absolute Gasteiger partial charge is 0.324 e. The Morgan fingerprint density at radius 3 is 2.40 bits per heavy atom. The molecule has 3 aromatic rings. The SMILES string of the molecule is O=[N+]([O-])c1cnc(Nc2ccc3ccccc3c2)nc1. The van der Waals surface area contributed by atoms with E-state index in [1.54, 1.807) is 0 Å². The van der Waals surface area contributed by atoms with Crippen LogP contribution in [0.2, 0.25) is 0 Å². The topological polar surface area (TPSA) is 81.0 Å². The second-order valence-corrected chi connectivity index (χ2v) is 4.21. The predicted octanol–water partition coefficient (Wildman–Crippen LogP) is 3.28. The zero-order chi connectivity index (χ0) is 13.9. The maximum atomic E-state index is 10.5. The Labute approximate surface area is 114 Å². The number of fused-ring (bicyclic) bond motifs is 1. The van der Waals surface area contributed by atoms with E-state index in [1.807, 2.05) is 42.5 Å². The van der Waals surface area contributed by atoms with E-state index in [2.05, 4.69) is 15.3 Å². The van der Waals surface area contributed by atoms with Gasteiger partial charge in [-0.15, -0.1) is 0 Å². The van der Waals surface area contributed by atoms with Crippen molar-refractivity contribution in [2.24, 2.45) is 0 Å². The normalized spacial score (nSPS) is 10.4. The third kappa shape index (κ3) is 2.39. The molecule has 0 fully saturated rings. The van der Waals surface area contributed by atoms with E-state index in [9.17, 15) is 10.1 Å². The van der Waals surface area contributed by atoms with Crippen LogP contribution in [0.25, 0.3) is 10.8 Å². The van der Waals surface area contributed by atoms with Gasteiger partial charge in [0.15, 0.2) is 0 Å². The molecule has 0 aliphatic rings. The monoisotopic (exact) mass is 266 g/mol. The highest BCUT2D eigenvalue weighted by Crippen LogP contribution is 2.21. The Balaban J connectivity index is 1.87. The number of benzene rings is 2. The molecule has 0 saturated carbocycles. The second kappa shape index (κ2) is 4.93. The summed E-state index contributed by atoms with van der Waals surface area (Å²) in [6, 6.07) is 13.9. The molecule has 1 heterocycles. The van der Waals surface area contributed by atoms with Crippen molar-refractivity contribution in [1.82, 2.24) is 9.97 Å². The summed E-state index contributed by atoms with van der Waals surface area (Å²) in [6.45, 7) is 0. The highest BCUT2D eigenvalue weighted by molar-refractivity contribution is 5.86. The van der Waals surface area contributed by atoms with Crippen LogP contribution in [0.1, 0.15) is 0 Å². The molecule has 0 aliphatic carbocycles. The van der Waals surface area contributed by atoms with Gasteiger partial charge in [0.2, 0.25) is 5.95 Å². The van der Waals surface area contributed by atoms with Crippen LogP contribution in [0, 0.1) is 10.1 Å². The first-order valence-electron chi connectivity index (χ1n) is 5.95. The summed E-state index contributed by atoms with van der Waals surface area (Å²) >= 11 is 0. The molecule has 0 saturated heterocycles. The van der Waals surface area contributed by atoms with Gasteiger partial charge in [-0.25, -0.2) is 9.97 Å². The van der Waals surface area contributed by atoms with Crippen molar-refractivity contribution in [3.05, 3.63) is 65.0 Å². The molecular formula is C14H10N4O2. The van der Waals surface area contributed by atoms with Gasteiger partial charge < -0.3 is 5.32 Å². The molecule has 3 rings (SSSR count). The Morgan fingerprint density at radius 1 is 1.00 bits per heavy atom. The van der Waals surface area contributed by atoms with Crippen molar-refractivity contribution < 1.29 is 4.92 Å². The molecule has 2 aromatic carbocycles. The van der Waals surface area contributed by atoms with E-state index in [0.717, 1.165) is 16.5 Å². The summed E-state index contributed by atoms with van der Waals surface area (Å²) in [5.74, 6) is 0.325. The molecule has 98 valence electrons. The van der Waals surface area contributed by atoms with Gasteiger partial charge >= 0.3 is 5.69 Å². The van der Waals surface area contributed by atoms with Crippen LogP contribution in [0.4, 0.5) is 17.3 Å². The fourth-order valence-corrected chi connectivity index (χ4v) is 1.88. The van der Waals surface area contributed by atoms with Gasteiger partial charge in [0.1, 0.15) is 12.4 Å². The zero-order valence-electron chi connectivity index (χ0n) is 10.4. The molecule has 6 nitrogen and oxygen atoms in total. The van der Waals surface area contributed by atoms with Crippen molar-refractivity contribution in [3.8, 4) is 0 Å². The number of hydrogen-bond acceptors (Lipinski definition) is 5. The van der Waals surface area contributed by atoms with Crippen LogP contribution < -0.4 is 5.32 Å². The van der Waals surface area contributed by atoms with Crippen molar-refractivity contribution >= 4 is 28.1 Å². The summed E-state index contributed by atoms with van der Waals surface area (Å²) in [6.07, 6.45) is 2.35. The molecule has 1 N–H and O–H groups in total.